The molecule has 1 aliphatic rings. The van der Waals surface area contributed by atoms with E-state index in [1.807, 2.05) is 0 Å². The summed E-state index contributed by atoms with van der Waals surface area (Å²) in [6.45, 7) is 3.34. The molecule has 1 aliphatic heterocycles. The van der Waals surface area contributed by atoms with E-state index in [1.54, 1.807) is 19.9 Å². The van der Waals surface area contributed by atoms with E-state index < -0.39 is 23.9 Å². The van der Waals surface area contributed by atoms with Crippen molar-refractivity contribution in [3.05, 3.63) is 58.7 Å². The SMILES string of the molecule is CCC(O)COC(=O)c1ccc2c(c1)C(=O)N(c1cc(O)ccc1C)C2=O. The predicted octanol–water partition coefficient (Wildman–Crippen LogP) is 2.43. The molecular weight excluding hydrogens is 350 g/mol. The van der Waals surface area contributed by atoms with Crippen LogP contribution in [0.25, 0.3) is 0 Å². The van der Waals surface area contributed by atoms with Gasteiger partial charge in [0.05, 0.1) is 28.5 Å². The van der Waals surface area contributed by atoms with Gasteiger partial charge in [-0.15, -0.1) is 0 Å². The van der Waals surface area contributed by atoms with Crippen molar-refractivity contribution in [2.24, 2.45) is 0 Å². The minimum absolute atomic E-state index is 0.0640. The standard InChI is InChI=1S/C20H19NO6/c1-3-13(22)10-27-20(26)12-5-7-15-16(8-12)19(25)21(18(15)24)17-9-14(23)6-4-11(17)2/h4-9,13,22-23H,3,10H2,1-2H3. The number of nitrogens with zero attached hydrogens (tertiary/aromatic N) is 1. The number of ether oxygens (including phenoxy) is 1. The number of aliphatic hydroxyl groups is 1. The van der Waals surface area contributed by atoms with Crippen molar-refractivity contribution in [1.82, 2.24) is 0 Å². The van der Waals surface area contributed by atoms with Gasteiger partial charge in [0.1, 0.15) is 12.4 Å². The second-order valence-electron chi connectivity index (χ2n) is 6.34. The lowest BCUT2D eigenvalue weighted by atomic mass is 10.1. The molecule has 2 amide bonds. The first-order valence-corrected chi connectivity index (χ1v) is 8.51. The number of amides is 2. The summed E-state index contributed by atoms with van der Waals surface area (Å²) in [5, 5.41) is 19.2. The number of hydrogen-bond acceptors (Lipinski definition) is 6. The van der Waals surface area contributed by atoms with Gasteiger partial charge in [0.15, 0.2) is 0 Å². The molecule has 0 aromatic heterocycles. The Hall–Kier alpha value is -3.19. The molecule has 2 N–H and O–H groups in total. The van der Waals surface area contributed by atoms with E-state index in [9.17, 15) is 24.6 Å². The topological polar surface area (TPSA) is 104 Å². The van der Waals surface area contributed by atoms with Gasteiger partial charge in [-0.2, -0.15) is 0 Å². The fourth-order valence-electron chi connectivity index (χ4n) is 2.80. The van der Waals surface area contributed by atoms with Crippen LogP contribution in [0.4, 0.5) is 5.69 Å². The van der Waals surface area contributed by atoms with E-state index in [1.165, 1.54) is 30.3 Å². The van der Waals surface area contributed by atoms with Gasteiger partial charge in [0.2, 0.25) is 0 Å². The van der Waals surface area contributed by atoms with Gasteiger partial charge in [-0.05, 0) is 43.2 Å². The van der Waals surface area contributed by atoms with Gasteiger partial charge >= 0.3 is 5.97 Å². The quantitative estimate of drug-likeness (QED) is 0.620. The number of phenols is 1. The summed E-state index contributed by atoms with van der Waals surface area (Å²) in [4.78, 5) is 38.6. The van der Waals surface area contributed by atoms with Crippen molar-refractivity contribution in [3.8, 4) is 5.75 Å². The first-order chi connectivity index (χ1) is 12.8. The highest BCUT2D eigenvalue weighted by Gasteiger charge is 2.38. The zero-order chi connectivity index (χ0) is 19.7. The molecule has 0 aliphatic carbocycles. The van der Waals surface area contributed by atoms with E-state index in [4.69, 9.17) is 4.74 Å². The van der Waals surface area contributed by atoms with Crippen LogP contribution < -0.4 is 4.90 Å². The lowest BCUT2D eigenvalue weighted by molar-refractivity contribution is 0.0250. The largest absolute Gasteiger partial charge is 0.508 e. The second-order valence-corrected chi connectivity index (χ2v) is 6.34. The summed E-state index contributed by atoms with van der Waals surface area (Å²) in [5.74, 6) is -1.85. The van der Waals surface area contributed by atoms with Crippen LogP contribution in [0.2, 0.25) is 0 Å². The number of hydrogen-bond donors (Lipinski definition) is 2. The van der Waals surface area contributed by atoms with E-state index in [0.29, 0.717) is 12.0 Å². The van der Waals surface area contributed by atoms with Crippen LogP contribution in [0.3, 0.4) is 0 Å². The molecule has 2 aromatic rings. The lowest BCUT2D eigenvalue weighted by Gasteiger charge is -2.16. The molecule has 7 heteroatoms. The molecule has 1 atom stereocenters. The Morgan fingerprint density at radius 2 is 1.81 bits per heavy atom. The van der Waals surface area contributed by atoms with Gasteiger partial charge in [0.25, 0.3) is 11.8 Å². The predicted molar refractivity (Wildman–Crippen MR) is 97.0 cm³/mol. The Bertz CT molecular complexity index is 936. The molecule has 2 aromatic carbocycles. The average molecular weight is 369 g/mol. The number of imide groups is 1. The summed E-state index contributed by atoms with van der Waals surface area (Å²) in [7, 11) is 0. The first-order valence-electron chi connectivity index (χ1n) is 8.51. The monoisotopic (exact) mass is 369 g/mol. The third-order valence-electron chi connectivity index (χ3n) is 4.43. The van der Waals surface area contributed by atoms with Gasteiger partial charge in [-0.3, -0.25) is 9.59 Å². The zero-order valence-corrected chi connectivity index (χ0v) is 14.9. The number of phenolic OH excluding ortho intramolecular Hbond substituents is 1. The highest BCUT2D eigenvalue weighted by molar-refractivity contribution is 6.35. The first kappa shape index (κ1) is 18.6. The number of aliphatic hydroxyl groups excluding tert-OH is 1. The van der Waals surface area contributed by atoms with Crippen LogP contribution in [0, 0.1) is 6.92 Å². The van der Waals surface area contributed by atoms with Gasteiger partial charge in [-0.1, -0.05) is 13.0 Å². The van der Waals surface area contributed by atoms with E-state index in [0.717, 1.165) is 4.90 Å². The maximum absolute atomic E-state index is 12.8. The van der Waals surface area contributed by atoms with Crippen molar-refractivity contribution in [1.29, 1.82) is 0 Å². The normalized spacial score (nSPS) is 14.3. The van der Waals surface area contributed by atoms with Crippen LogP contribution in [0.15, 0.2) is 36.4 Å². The van der Waals surface area contributed by atoms with Gasteiger partial charge in [-0.25, -0.2) is 9.69 Å². The fraction of sp³-hybridized carbons (Fsp3) is 0.250. The van der Waals surface area contributed by atoms with Crippen molar-refractivity contribution in [2.45, 2.75) is 26.4 Å². The highest BCUT2D eigenvalue weighted by Crippen LogP contribution is 2.33. The lowest BCUT2D eigenvalue weighted by Crippen LogP contribution is -2.30. The number of carbonyl (C=O) groups excluding carboxylic acids is 3. The van der Waals surface area contributed by atoms with Crippen molar-refractivity contribution in [2.75, 3.05) is 11.5 Å². The smallest absolute Gasteiger partial charge is 0.338 e. The van der Waals surface area contributed by atoms with E-state index in [-0.39, 0.29) is 34.7 Å². The molecule has 1 heterocycles. The fourth-order valence-corrected chi connectivity index (χ4v) is 2.80. The Balaban J connectivity index is 1.91. The van der Waals surface area contributed by atoms with E-state index in [2.05, 4.69) is 0 Å². The van der Waals surface area contributed by atoms with Crippen molar-refractivity contribution < 1.29 is 29.3 Å². The minimum atomic E-state index is -0.754. The maximum Gasteiger partial charge on any atom is 0.338 e. The van der Waals surface area contributed by atoms with Crippen LogP contribution in [0.5, 0.6) is 5.75 Å². The number of aryl methyl sites for hydroxylation is 1. The Labute approximate surface area is 155 Å². The molecule has 3 rings (SSSR count). The van der Waals surface area contributed by atoms with Crippen molar-refractivity contribution in [3.63, 3.8) is 0 Å². The molecule has 1 unspecified atom stereocenters. The van der Waals surface area contributed by atoms with Crippen LogP contribution in [-0.4, -0.2) is 40.7 Å². The molecule has 140 valence electrons. The molecule has 0 radical (unpaired) electrons. The molecular formula is C20H19NO6. The number of esters is 1. The molecule has 0 bridgehead atoms. The Kier molecular flexibility index (Phi) is 4.96. The van der Waals surface area contributed by atoms with Crippen LogP contribution in [-0.2, 0) is 4.74 Å². The molecule has 27 heavy (non-hydrogen) atoms. The van der Waals surface area contributed by atoms with Gasteiger partial charge < -0.3 is 14.9 Å². The molecule has 0 fully saturated rings. The average Bonchev–Trinajstić information content (AvgIpc) is 2.91. The highest BCUT2D eigenvalue weighted by atomic mass is 16.5. The zero-order valence-electron chi connectivity index (χ0n) is 14.9. The van der Waals surface area contributed by atoms with Crippen LogP contribution >= 0.6 is 0 Å². The third kappa shape index (κ3) is 3.41. The summed E-state index contributed by atoms with van der Waals surface area (Å²) in [6, 6.07) is 8.54. The number of anilines is 1. The Morgan fingerprint density at radius 1 is 1.11 bits per heavy atom. The number of benzene rings is 2. The number of carbonyl (C=O) groups is 3. The van der Waals surface area contributed by atoms with Crippen LogP contribution in [0.1, 0.15) is 50.0 Å². The number of aromatic hydroxyl groups is 1. The minimum Gasteiger partial charge on any atom is -0.508 e. The Morgan fingerprint density at radius 3 is 2.52 bits per heavy atom. The molecule has 0 spiro atoms. The summed E-state index contributed by atoms with van der Waals surface area (Å²) in [5.41, 5.74) is 1.32. The summed E-state index contributed by atoms with van der Waals surface area (Å²) >= 11 is 0. The van der Waals surface area contributed by atoms with Crippen molar-refractivity contribution >= 4 is 23.5 Å². The van der Waals surface area contributed by atoms with E-state index >= 15 is 0 Å². The summed E-state index contributed by atoms with van der Waals surface area (Å²) < 4.78 is 5.02. The van der Waals surface area contributed by atoms with Gasteiger partial charge in [0, 0.05) is 6.07 Å². The molecule has 0 saturated carbocycles. The second kappa shape index (κ2) is 7.20. The number of fused-ring (bicyclic) bond motifs is 1. The molecule has 0 saturated heterocycles. The maximum atomic E-state index is 12.8. The number of rotatable bonds is 5. The summed E-state index contributed by atoms with van der Waals surface area (Å²) in [6.07, 6.45) is -0.307. The molecule has 7 nitrogen and oxygen atoms in total. The third-order valence-corrected chi connectivity index (χ3v) is 4.43.